The predicted molar refractivity (Wildman–Crippen MR) is 99.4 cm³/mol. The third-order valence-corrected chi connectivity index (χ3v) is 4.46. The number of aliphatic hydroxyl groups is 1. The normalized spacial score (nSPS) is 17.0. The first-order chi connectivity index (χ1) is 12.4. The van der Waals surface area contributed by atoms with Gasteiger partial charge in [-0.05, 0) is 48.9 Å². The molecule has 7 heteroatoms. The van der Waals surface area contributed by atoms with Crippen LogP contribution in [0.2, 0.25) is 10.0 Å². The first-order valence-corrected chi connectivity index (χ1v) is 8.64. The third-order valence-electron chi connectivity index (χ3n) is 3.97. The SMILES string of the molecule is CCOC(=O)C1=C(O)C(=O)N(c2ccc(Cl)cc2)C1c1cccc(Cl)c1. The number of hydrogen-bond acceptors (Lipinski definition) is 4. The van der Waals surface area contributed by atoms with Crippen molar-refractivity contribution in [2.75, 3.05) is 11.5 Å². The van der Waals surface area contributed by atoms with E-state index < -0.39 is 23.7 Å². The fourth-order valence-electron chi connectivity index (χ4n) is 2.88. The zero-order chi connectivity index (χ0) is 18.8. The largest absolute Gasteiger partial charge is 0.503 e. The van der Waals surface area contributed by atoms with Gasteiger partial charge in [-0.2, -0.15) is 0 Å². The molecule has 0 spiro atoms. The Morgan fingerprint density at radius 3 is 2.46 bits per heavy atom. The molecule has 1 N–H and O–H groups in total. The van der Waals surface area contributed by atoms with Crippen LogP contribution in [0.3, 0.4) is 0 Å². The summed E-state index contributed by atoms with van der Waals surface area (Å²) in [6.45, 7) is 1.77. The van der Waals surface area contributed by atoms with Crippen LogP contribution in [0.4, 0.5) is 5.69 Å². The maximum absolute atomic E-state index is 12.7. The molecule has 1 aliphatic rings. The number of esters is 1. The second-order valence-electron chi connectivity index (χ2n) is 5.59. The fourth-order valence-corrected chi connectivity index (χ4v) is 3.21. The molecular formula is C19H15Cl2NO4. The summed E-state index contributed by atoms with van der Waals surface area (Å²) in [4.78, 5) is 26.5. The molecule has 1 amide bonds. The quantitative estimate of drug-likeness (QED) is 0.781. The number of carbonyl (C=O) groups is 2. The number of carbonyl (C=O) groups excluding carboxylic acids is 2. The minimum atomic E-state index is -0.860. The maximum atomic E-state index is 12.7. The van der Waals surface area contributed by atoms with Gasteiger partial charge in [0, 0.05) is 15.7 Å². The van der Waals surface area contributed by atoms with Gasteiger partial charge in [-0.15, -0.1) is 0 Å². The molecule has 3 rings (SSSR count). The Morgan fingerprint density at radius 1 is 1.15 bits per heavy atom. The predicted octanol–water partition coefficient (Wildman–Crippen LogP) is 4.46. The highest BCUT2D eigenvalue weighted by Crippen LogP contribution is 2.41. The Balaban J connectivity index is 2.16. The van der Waals surface area contributed by atoms with Crippen molar-refractivity contribution in [1.29, 1.82) is 0 Å². The van der Waals surface area contributed by atoms with E-state index in [0.29, 0.717) is 21.3 Å². The van der Waals surface area contributed by atoms with E-state index in [4.69, 9.17) is 27.9 Å². The van der Waals surface area contributed by atoms with Gasteiger partial charge in [-0.1, -0.05) is 35.3 Å². The summed E-state index contributed by atoms with van der Waals surface area (Å²) in [5.74, 6) is -2.08. The van der Waals surface area contributed by atoms with Crippen molar-refractivity contribution in [3.63, 3.8) is 0 Å². The van der Waals surface area contributed by atoms with Crippen molar-refractivity contribution < 1.29 is 19.4 Å². The molecule has 2 aromatic carbocycles. The molecule has 26 heavy (non-hydrogen) atoms. The number of hydrogen-bond donors (Lipinski definition) is 1. The molecule has 0 aromatic heterocycles. The Morgan fingerprint density at radius 2 is 1.85 bits per heavy atom. The Kier molecular flexibility index (Phi) is 5.20. The molecule has 0 fully saturated rings. The zero-order valence-electron chi connectivity index (χ0n) is 13.8. The summed E-state index contributed by atoms with van der Waals surface area (Å²) in [5.41, 5.74) is 0.942. The van der Waals surface area contributed by atoms with Crippen LogP contribution in [-0.2, 0) is 14.3 Å². The van der Waals surface area contributed by atoms with Crippen molar-refractivity contribution in [3.05, 3.63) is 75.5 Å². The molecule has 0 radical (unpaired) electrons. The molecule has 1 atom stereocenters. The highest BCUT2D eigenvalue weighted by Gasteiger charge is 2.45. The number of ether oxygens (including phenoxy) is 1. The van der Waals surface area contributed by atoms with Crippen LogP contribution in [0.1, 0.15) is 18.5 Å². The van der Waals surface area contributed by atoms with Crippen molar-refractivity contribution in [1.82, 2.24) is 0 Å². The molecule has 1 heterocycles. The summed E-state index contributed by atoms with van der Waals surface area (Å²) < 4.78 is 5.04. The van der Waals surface area contributed by atoms with Crippen LogP contribution >= 0.6 is 23.2 Å². The van der Waals surface area contributed by atoms with E-state index in [1.54, 1.807) is 55.5 Å². The van der Waals surface area contributed by atoms with E-state index in [9.17, 15) is 14.7 Å². The highest BCUT2D eigenvalue weighted by molar-refractivity contribution is 6.31. The lowest BCUT2D eigenvalue weighted by molar-refractivity contribution is -0.139. The van der Waals surface area contributed by atoms with E-state index in [2.05, 4.69) is 0 Å². The van der Waals surface area contributed by atoms with Crippen LogP contribution in [0.25, 0.3) is 0 Å². The average Bonchev–Trinajstić information content (AvgIpc) is 2.88. The number of aliphatic hydroxyl groups excluding tert-OH is 1. The first-order valence-electron chi connectivity index (χ1n) is 7.89. The van der Waals surface area contributed by atoms with Crippen molar-refractivity contribution in [3.8, 4) is 0 Å². The molecule has 1 unspecified atom stereocenters. The van der Waals surface area contributed by atoms with Crippen LogP contribution < -0.4 is 4.90 Å². The van der Waals surface area contributed by atoms with E-state index in [-0.39, 0.29) is 12.2 Å². The molecule has 1 aliphatic heterocycles. The summed E-state index contributed by atoms with van der Waals surface area (Å²) in [7, 11) is 0. The first kappa shape index (κ1) is 18.3. The maximum Gasteiger partial charge on any atom is 0.340 e. The molecule has 2 aromatic rings. The van der Waals surface area contributed by atoms with Gasteiger partial charge >= 0.3 is 5.97 Å². The van der Waals surface area contributed by atoms with Crippen LogP contribution in [0, 0.1) is 0 Å². The number of rotatable bonds is 4. The molecule has 5 nitrogen and oxygen atoms in total. The van der Waals surface area contributed by atoms with Gasteiger partial charge in [-0.3, -0.25) is 9.69 Å². The Labute approximate surface area is 160 Å². The van der Waals surface area contributed by atoms with Gasteiger partial charge in [0.15, 0.2) is 5.76 Å². The second-order valence-corrected chi connectivity index (χ2v) is 6.46. The summed E-state index contributed by atoms with van der Waals surface area (Å²) in [5, 5.41) is 11.3. The van der Waals surface area contributed by atoms with E-state index in [0.717, 1.165) is 0 Å². The Bertz CT molecular complexity index is 893. The van der Waals surface area contributed by atoms with Gasteiger partial charge in [-0.25, -0.2) is 4.79 Å². The molecule has 0 saturated carbocycles. The monoisotopic (exact) mass is 391 g/mol. The van der Waals surface area contributed by atoms with Crippen LogP contribution in [0.15, 0.2) is 59.9 Å². The summed E-state index contributed by atoms with van der Waals surface area (Å²) >= 11 is 12.0. The average molecular weight is 392 g/mol. The zero-order valence-corrected chi connectivity index (χ0v) is 15.3. The Hall–Kier alpha value is -2.50. The van der Waals surface area contributed by atoms with Gasteiger partial charge in [0.25, 0.3) is 5.91 Å². The lowest BCUT2D eigenvalue weighted by Crippen LogP contribution is -2.31. The third kappa shape index (κ3) is 3.28. The molecular weight excluding hydrogens is 377 g/mol. The molecule has 134 valence electrons. The second kappa shape index (κ2) is 7.40. The number of anilines is 1. The van der Waals surface area contributed by atoms with Crippen LogP contribution in [0.5, 0.6) is 0 Å². The highest BCUT2D eigenvalue weighted by atomic mass is 35.5. The molecule has 0 aliphatic carbocycles. The van der Waals surface area contributed by atoms with Crippen molar-refractivity contribution in [2.45, 2.75) is 13.0 Å². The van der Waals surface area contributed by atoms with E-state index in [1.165, 1.54) is 4.90 Å². The minimum Gasteiger partial charge on any atom is -0.503 e. The van der Waals surface area contributed by atoms with Crippen molar-refractivity contribution in [2.24, 2.45) is 0 Å². The topological polar surface area (TPSA) is 66.8 Å². The number of halogens is 2. The number of benzene rings is 2. The minimum absolute atomic E-state index is 0.117. The smallest absolute Gasteiger partial charge is 0.340 e. The van der Waals surface area contributed by atoms with Gasteiger partial charge in [0.2, 0.25) is 0 Å². The van der Waals surface area contributed by atoms with Crippen molar-refractivity contribution >= 4 is 40.8 Å². The summed E-state index contributed by atoms with van der Waals surface area (Å²) in [6, 6.07) is 12.4. The summed E-state index contributed by atoms with van der Waals surface area (Å²) in [6.07, 6.45) is 0. The van der Waals surface area contributed by atoms with Gasteiger partial charge in [0.1, 0.15) is 5.57 Å². The number of amides is 1. The van der Waals surface area contributed by atoms with E-state index >= 15 is 0 Å². The van der Waals surface area contributed by atoms with E-state index in [1.807, 2.05) is 0 Å². The number of nitrogens with zero attached hydrogens (tertiary/aromatic N) is 1. The van der Waals surface area contributed by atoms with Crippen LogP contribution in [-0.4, -0.2) is 23.6 Å². The fraction of sp³-hybridized carbons (Fsp3) is 0.158. The molecule has 0 bridgehead atoms. The lowest BCUT2D eigenvalue weighted by atomic mass is 9.99. The standard InChI is InChI=1S/C19H15Cl2NO4/c1-2-26-19(25)15-16(11-4-3-5-13(21)10-11)22(18(24)17(15)23)14-8-6-12(20)7-9-14/h3-10,16,23H,2H2,1H3. The van der Waals surface area contributed by atoms with Gasteiger partial charge < -0.3 is 9.84 Å². The molecule has 0 saturated heterocycles. The van der Waals surface area contributed by atoms with Gasteiger partial charge in [0.05, 0.1) is 12.6 Å². The lowest BCUT2D eigenvalue weighted by Gasteiger charge is -2.26.